The van der Waals surface area contributed by atoms with Gasteiger partial charge in [0.25, 0.3) is 0 Å². The van der Waals surface area contributed by atoms with Gasteiger partial charge in [0, 0.05) is 0 Å². The Morgan fingerprint density at radius 3 is 2.33 bits per heavy atom. The number of methoxy groups -OCH3 is 1. The second-order valence-electron chi connectivity index (χ2n) is 5.20. The number of aliphatic hydroxyl groups is 1. The lowest BCUT2D eigenvalue weighted by Crippen LogP contribution is -2.49. The van der Waals surface area contributed by atoms with E-state index >= 15 is 0 Å². The molecule has 0 fully saturated rings. The average molecular weight is 253 g/mol. The molecule has 0 heterocycles. The molecular weight excluding hydrogens is 234 g/mol. The fourth-order valence-corrected chi connectivity index (χ4v) is 1.11. The maximum Gasteiger partial charge on any atom is 0.331 e. The minimum absolute atomic E-state index is 0.161. The predicted octanol–water partition coefficient (Wildman–Crippen LogP) is 1.64. The van der Waals surface area contributed by atoms with Gasteiger partial charge in [-0.05, 0) is 45.3 Å². The molecule has 0 atom stereocenters. The molecule has 99 valence electrons. The first-order chi connectivity index (χ1) is 8.17. The Bertz CT molecular complexity index is 413. The van der Waals surface area contributed by atoms with Gasteiger partial charge in [-0.15, -0.1) is 0 Å². The molecule has 3 nitrogen and oxygen atoms in total. The van der Waals surface area contributed by atoms with Crippen molar-refractivity contribution in [2.45, 2.75) is 38.9 Å². The van der Waals surface area contributed by atoms with Gasteiger partial charge in [-0.3, -0.25) is 0 Å². The van der Waals surface area contributed by atoms with E-state index < -0.39 is 17.0 Å². The molecule has 0 aromatic heterocycles. The molecule has 0 amide bonds. The van der Waals surface area contributed by atoms with E-state index in [2.05, 4.69) is 0 Å². The maximum atomic E-state index is 13.2. The lowest BCUT2D eigenvalue weighted by molar-refractivity contribution is -0.0893. The van der Waals surface area contributed by atoms with Crippen LogP contribution in [0.5, 0.6) is 5.75 Å². The van der Waals surface area contributed by atoms with E-state index in [4.69, 9.17) is 9.39 Å². The fourth-order valence-electron chi connectivity index (χ4n) is 1.11. The van der Waals surface area contributed by atoms with Crippen molar-refractivity contribution in [3.05, 3.63) is 24.0 Å². The molecule has 18 heavy (non-hydrogen) atoms. The van der Waals surface area contributed by atoms with Gasteiger partial charge in [-0.2, -0.15) is 0 Å². The summed E-state index contributed by atoms with van der Waals surface area (Å²) in [6.45, 7) is 6.91. The summed E-state index contributed by atoms with van der Waals surface area (Å²) < 4.78 is 23.7. The van der Waals surface area contributed by atoms with Crippen LogP contribution in [0.1, 0.15) is 27.7 Å². The Morgan fingerprint density at radius 1 is 1.22 bits per heavy atom. The predicted molar refractivity (Wildman–Crippen MR) is 69.8 cm³/mol. The van der Waals surface area contributed by atoms with Crippen LogP contribution in [-0.4, -0.2) is 30.9 Å². The first-order valence-electron chi connectivity index (χ1n) is 5.74. The topological polar surface area (TPSA) is 38.7 Å². The fraction of sp³-hybridized carbons (Fsp3) is 0.538. The molecule has 1 aromatic rings. The van der Waals surface area contributed by atoms with Gasteiger partial charge in [0.05, 0.1) is 18.3 Å². The Labute approximate surface area is 108 Å². The molecule has 1 aromatic carbocycles. The smallest absolute Gasteiger partial charge is 0.331 e. The van der Waals surface area contributed by atoms with Crippen molar-refractivity contribution in [1.82, 2.24) is 0 Å². The van der Waals surface area contributed by atoms with Crippen LogP contribution in [0.15, 0.2) is 18.2 Å². The Morgan fingerprint density at radius 2 is 1.83 bits per heavy atom. The number of hydrogen-bond donors (Lipinski definition) is 1. The number of ether oxygens (including phenoxy) is 1. The van der Waals surface area contributed by atoms with Gasteiger partial charge in [-0.25, -0.2) is 4.39 Å². The molecular formula is C13H19BFO3. The van der Waals surface area contributed by atoms with E-state index in [1.807, 2.05) is 0 Å². The van der Waals surface area contributed by atoms with Crippen molar-refractivity contribution in [1.29, 1.82) is 0 Å². The molecule has 0 aliphatic heterocycles. The summed E-state index contributed by atoms with van der Waals surface area (Å²) in [6, 6.07) is 4.43. The van der Waals surface area contributed by atoms with E-state index in [9.17, 15) is 9.50 Å². The summed E-state index contributed by atoms with van der Waals surface area (Å²) in [5, 5.41) is 9.94. The highest BCUT2D eigenvalue weighted by Gasteiger charge is 2.35. The van der Waals surface area contributed by atoms with Crippen LogP contribution in [0, 0.1) is 5.82 Å². The first-order valence-corrected chi connectivity index (χ1v) is 5.74. The van der Waals surface area contributed by atoms with Crippen LogP contribution in [0.25, 0.3) is 0 Å². The Hall–Kier alpha value is -1.07. The third kappa shape index (κ3) is 3.46. The summed E-state index contributed by atoms with van der Waals surface area (Å²) in [5.41, 5.74) is -1.08. The molecule has 0 saturated carbocycles. The molecule has 0 spiro atoms. The molecule has 0 unspecified atom stereocenters. The van der Waals surface area contributed by atoms with Gasteiger partial charge in [0.15, 0.2) is 11.6 Å². The van der Waals surface area contributed by atoms with Gasteiger partial charge >= 0.3 is 7.48 Å². The SMILES string of the molecule is COc1cc([B]OC(C)(C)C(C)(C)O)ccc1F. The van der Waals surface area contributed by atoms with Gasteiger partial charge < -0.3 is 14.5 Å². The van der Waals surface area contributed by atoms with Crippen LogP contribution < -0.4 is 10.2 Å². The van der Waals surface area contributed by atoms with E-state index in [1.54, 1.807) is 33.8 Å². The van der Waals surface area contributed by atoms with Gasteiger partial charge in [0.2, 0.25) is 0 Å². The van der Waals surface area contributed by atoms with Crippen molar-refractivity contribution in [3.8, 4) is 5.75 Å². The zero-order chi connectivity index (χ0) is 14.0. The lowest BCUT2D eigenvalue weighted by atomic mass is 9.82. The van der Waals surface area contributed by atoms with Crippen molar-refractivity contribution >= 4 is 12.9 Å². The zero-order valence-corrected chi connectivity index (χ0v) is 11.5. The molecule has 1 rings (SSSR count). The number of rotatable bonds is 5. The zero-order valence-electron chi connectivity index (χ0n) is 11.5. The molecule has 0 saturated heterocycles. The highest BCUT2D eigenvalue weighted by Crippen LogP contribution is 2.24. The third-order valence-electron chi connectivity index (χ3n) is 3.14. The second kappa shape index (κ2) is 5.28. The van der Waals surface area contributed by atoms with Crippen LogP contribution in [-0.2, 0) is 4.65 Å². The second-order valence-corrected chi connectivity index (χ2v) is 5.20. The summed E-state index contributed by atoms with van der Waals surface area (Å²) in [7, 11) is 2.89. The first kappa shape index (κ1) is 15.0. The van der Waals surface area contributed by atoms with Crippen LogP contribution >= 0.6 is 0 Å². The summed E-state index contributed by atoms with van der Waals surface area (Å²) in [6.07, 6.45) is 0. The van der Waals surface area contributed by atoms with E-state index in [0.717, 1.165) is 0 Å². The summed E-state index contributed by atoms with van der Waals surface area (Å²) in [4.78, 5) is 0. The molecule has 0 bridgehead atoms. The maximum absolute atomic E-state index is 13.2. The summed E-state index contributed by atoms with van der Waals surface area (Å²) >= 11 is 0. The Kier molecular flexibility index (Phi) is 4.40. The van der Waals surface area contributed by atoms with Crippen LogP contribution in [0.3, 0.4) is 0 Å². The number of halogens is 1. The van der Waals surface area contributed by atoms with E-state index in [1.165, 1.54) is 26.7 Å². The highest BCUT2D eigenvalue weighted by molar-refractivity contribution is 6.47. The number of hydrogen-bond acceptors (Lipinski definition) is 3. The van der Waals surface area contributed by atoms with Crippen LogP contribution in [0.4, 0.5) is 4.39 Å². The van der Waals surface area contributed by atoms with Crippen molar-refractivity contribution in [2.24, 2.45) is 0 Å². The van der Waals surface area contributed by atoms with Gasteiger partial charge in [-0.1, -0.05) is 6.07 Å². The van der Waals surface area contributed by atoms with Crippen LogP contribution in [0.2, 0.25) is 0 Å². The quantitative estimate of drug-likeness (QED) is 0.811. The minimum Gasteiger partial charge on any atom is -0.494 e. The molecule has 0 aliphatic carbocycles. The highest BCUT2D eigenvalue weighted by atomic mass is 19.1. The summed E-state index contributed by atoms with van der Waals surface area (Å²) in [5.74, 6) is -0.259. The van der Waals surface area contributed by atoms with Crippen molar-refractivity contribution in [3.63, 3.8) is 0 Å². The van der Waals surface area contributed by atoms with Gasteiger partial charge in [0.1, 0.15) is 0 Å². The van der Waals surface area contributed by atoms with Crippen molar-refractivity contribution in [2.75, 3.05) is 7.11 Å². The molecule has 1 radical (unpaired) electrons. The van der Waals surface area contributed by atoms with E-state index in [-0.39, 0.29) is 5.75 Å². The monoisotopic (exact) mass is 253 g/mol. The minimum atomic E-state index is -0.992. The number of benzene rings is 1. The molecule has 5 heteroatoms. The standard InChI is InChI=1S/C13H19BFO3/c1-12(2,16)13(3,4)18-14-9-6-7-10(15)11(8-9)17-5/h6-8,16H,1-5H3. The third-order valence-corrected chi connectivity index (χ3v) is 3.14. The average Bonchev–Trinajstić information content (AvgIpc) is 2.26. The van der Waals surface area contributed by atoms with Crippen molar-refractivity contribution < 1.29 is 18.9 Å². The largest absolute Gasteiger partial charge is 0.494 e. The molecule has 1 N–H and O–H groups in total. The normalized spacial score (nSPS) is 12.4. The van der Waals surface area contributed by atoms with E-state index in [0.29, 0.717) is 5.46 Å². The Balaban J connectivity index is 2.75. The molecule has 0 aliphatic rings. The lowest BCUT2D eigenvalue weighted by Gasteiger charge is -2.37.